The lowest BCUT2D eigenvalue weighted by molar-refractivity contribution is -0.133. The molecule has 0 bridgehead atoms. The predicted molar refractivity (Wildman–Crippen MR) is 106 cm³/mol. The normalized spacial score (nSPS) is 20.2. The van der Waals surface area contributed by atoms with Crippen molar-refractivity contribution in [2.24, 2.45) is 0 Å². The van der Waals surface area contributed by atoms with Crippen LogP contribution in [0.25, 0.3) is 0 Å². The lowest BCUT2D eigenvalue weighted by atomic mass is 9.87. The fourth-order valence-electron chi connectivity index (χ4n) is 4.17. The molecular weight excluding hydrogens is 338 g/mol. The summed E-state index contributed by atoms with van der Waals surface area (Å²) in [5.74, 6) is 0.987. The van der Waals surface area contributed by atoms with Gasteiger partial charge in [-0.15, -0.1) is 0 Å². The van der Waals surface area contributed by atoms with Crippen LogP contribution in [0.3, 0.4) is 0 Å². The summed E-state index contributed by atoms with van der Waals surface area (Å²) < 4.78 is 0. The number of amides is 1. The summed E-state index contributed by atoms with van der Waals surface area (Å²) in [6, 6.07) is 10.6. The number of aryl methyl sites for hydroxylation is 1. The molecule has 1 aliphatic carbocycles. The van der Waals surface area contributed by atoms with Crippen molar-refractivity contribution in [3.63, 3.8) is 0 Å². The van der Waals surface area contributed by atoms with Crippen molar-refractivity contribution in [3.05, 3.63) is 53.9 Å². The van der Waals surface area contributed by atoms with Gasteiger partial charge in [0.25, 0.3) is 0 Å². The maximum Gasteiger partial charge on any atom is 0.237 e. The highest BCUT2D eigenvalue weighted by Gasteiger charge is 2.28. The molecule has 4 rings (SSSR count). The van der Waals surface area contributed by atoms with Crippen molar-refractivity contribution in [1.82, 2.24) is 19.8 Å². The third-order valence-corrected chi connectivity index (χ3v) is 5.76. The summed E-state index contributed by atoms with van der Waals surface area (Å²) in [6.45, 7) is 3.91. The van der Waals surface area contributed by atoms with Crippen LogP contribution in [0.1, 0.15) is 30.0 Å². The van der Waals surface area contributed by atoms with Crippen LogP contribution in [0.2, 0.25) is 0 Å². The molecule has 0 unspecified atom stereocenters. The van der Waals surface area contributed by atoms with Gasteiger partial charge in [0, 0.05) is 45.6 Å². The molecule has 6 heteroatoms. The van der Waals surface area contributed by atoms with E-state index in [2.05, 4.69) is 44.0 Å². The van der Waals surface area contributed by atoms with Crippen LogP contribution in [0.4, 0.5) is 5.95 Å². The van der Waals surface area contributed by atoms with Crippen LogP contribution in [-0.4, -0.2) is 65.4 Å². The second-order valence-corrected chi connectivity index (χ2v) is 7.42. The number of piperazine rings is 1. The fraction of sp³-hybridized carbons (Fsp3) is 0.476. The second-order valence-electron chi connectivity index (χ2n) is 7.42. The van der Waals surface area contributed by atoms with Gasteiger partial charge in [-0.05, 0) is 36.5 Å². The molecule has 1 aromatic heterocycles. The van der Waals surface area contributed by atoms with E-state index in [1.807, 2.05) is 18.0 Å². The second kappa shape index (κ2) is 8.05. The van der Waals surface area contributed by atoms with Crippen LogP contribution in [-0.2, 0) is 11.2 Å². The van der Waals surface area contributed by atoms with E-state index < -0.39 is 0 Å². The molecule has 142 valence electrons. The Balaban J connectivity index is 1.34. The molecule has 1 aromatic carbocycles. The lowest BCUT2D eigenvalue weighted by Crippen LogP contribution is -2.50. The molecule has 1 fully saturated rings. The number of rotatable bonds is 4. The standard InChI is InChI=1S/C21H27N5O/c1-24(19-9-4-7-17-6-2-3-8-18(17)19)20(27)16-25-12-14-26(15-13-25)21-22-10-5-11-23-21/h2-3,5-6,8,10-11,19H,4,7,9,12-16H2,1H3/t19-/m1/s1. The Hall–Kier alpha value is -2.47. The molecule has 0 N–H and O–H groups in total. The van der Waals surface area contributed by atoms with E-state index in [-0.39, 0.29) is 11.9 Å². The first-order chi connectivity index (χ1) is 13.2. The quantitative estimate of drug-likeness (QED) is 0.831. The van der Waals surface area contributed by atoms with E-state index >= 15 is 0 Å². The number of benzene rings is 1. The summed E-state index contributed by atoms with van der Waals surface area (Å²) in [4.78, 5) is 27.9. The van der Waals surface area contributed by atoms with Gasteiger partial charge in [-0.3, -0.25) is 9.69 Å². The molecule has 1 saturated heterocycles. The average molecular weight is 365 g/mol. The molecule has 27 heavy (non-hydrogen) atoms. The Kier molecular flexibility index (Phi) is 5.34. The zero-order valence-electron chi connectivity index (χ0n) is 15.9. The van der Waals surface area contributed by atoms with E-state index in [0.717, 1.165) is 51.4 Å². The van der Waals surface area contributed by atoms with Crippen molar-refractivity contribution in [2.75, 3.05) is 44.7 Å². The van der Waals surface area contributed by atoms with Crippen LogP contribution < -0.4 is 4.90 Å². The molecule has 1 aliphatic heterocycles. The van der Waals surface area contributed by atoms with E-state index in [9.17, 15) is 4.79 Å². The van der Waals surface area contributed by atoms with Crippen LogP contribution >= 0.6 is 0 Å². The summed E-state index contributed by atoms with van der Waals surface area (Å²) in [5.41, 5.74) is 2.72. The topological polar surface area (TPSA) is 52.6 Å². The molecule has 0 saturated carbocycles. The minimum Gasteiger partial charge on any atom is -0.338 e. The number of hydrogen-bond donors (Lipinski definition) is 0. The highest BCUT2D eigenvalue weighted by Crippen LogP contribution is 2.33. The highest BCUT2D eigenvalue weighted by atomic mass is 16.2. The van der Waals surface area contributed by atoms with Gasteiger partial charge in [-0.1, -0.05) is 24.3 Å². The van der Waals surface area contributed by atoms with Gasteiger partial charge >= 0.3 is 0 Å². The molecular formula is C21H27N5O. The van der Waals surface area contributed by atoms with E-state index in [1.165, 1.54) is 11.1 Å². The maximum absolute atomic E-state index is 12.9. The van der Waals surface area contributed by atoms with Gasteiger partial charge in [-0.2, -0.15) is 0 Å². The van der Waals surface area contributed by atoms with Crippen molar-refractivity contribution in [1.29, 1.82) is 0 Å². The Morgan fingerprint density at radius 1 is 1.11 bits per heavy atom. The number of hydrogen-bond acceptors (Lipinski definition) is 5. The molecule has 0 radical (unpaired) electrons. The van der Waals surface area contributed by atoms with Gasteiger partial charge in [0.2, 0.25) is 11.9 Å². The molecule has 6 nitrogen and oxygen atoms in total. The minimum absolute atomic E-state index is 0.209. The monoisotopic (exact) mass is 365 g/mol. The largest absolute Gasteiger partial charge is 0.338 e. The van der Waals surface area contributed by atoms with E-state index in [0.29, 0.717) is 6.54 Å². The molecule has 1 amide bonds. The first-order valence-electron chi connectivity index (χ1n) is 9.80. The number of carbonyl (C=O) groups is 1. The zero-order chi connectivity index (χ0) is 18.6. The highest BCUT2D eigenvalue weighted by molar-refractivity contribution is 5.78. The number of anilines is 1. The summed E-state index contributed by atoms with van der Waals surface area (Å²) in [7, 11) is 1.96. The Bertz CT molecular complexity index is 773. The van der Waals surface area contributed by atoms with Crippen molar-refractivity contribution >= 4 is 11.9 Å². The Morgan fingerprint density at radius 2 is 1.85 bits per heavy atom. The smallest absolute Gasteiger partial charge is 0.237 e. The van der Waals surface area contributed by atoms with Crippen LogP contribution in [0, 0.1) is 0 Å². The number of carbonyl (C=O) groups excluding carboxylic acids is 1. The Morgan fingerprint density at radius 3 is 2.63 bits per heavy atom. The fourth-order valence-corrected chi connectivity index (χ4v) is 4.17. The van der Waals surface area contributed by atoms with Crippen LogP contribution in [0.15, 0.2) is 42.7 Å². The third kappa shape index (κ3) is 3.95. The maximum atomic E-state index is 12.9. The first kappa shape index (κ1) is 17.9. The zero-order valence-corrected chi connectivity index (χ0v) is 15.9. The van der Waals surface area contributed by atoms with Gasteiger partial charge in [0.1, 0.15) is 0 Å². The molecule has 2 heterocycles. The van der Waals surface area contributed by atoms with Crippen molar-refractivity contribution < 1.29 is 4.79 Å². The summed E-state index contributed by atoms with van der Waals surface area (Å²) in [6.07, 6.45) is 6.87. The number of aromatic nitrogens is 2. The number of fused-ring (bicyclic) bond motifs is 1. The predicted octanol–water partition coefficient (Wildman–Crippen LogP) is 2.13. The molecule has 2 aromatic rings. The van der Waals surface area contributed by atoms with Gasteiger partial charge in [0.05, 0.1) is 12.6 Å². The average Bonchev–Trinajstić information content (AvgIpc) is 2.74. The first-order valence-corrected chi connectivity index (χ1v) is 9.80. The molecule has 2 aliphatic rings. The van der Waals surface area contributed by atoms with Crippen molar-refractivity contribution in [3.8, 4) is 0 Å². The van der Waals surface area contributed by atoms with Crippen molar-refractivity contribution in [2.45, 2.75) is 25.3 Å². The third-order valence-electron chi connectivity index (χ3n) is 5.76. The lowest BCUT2D eigenvalue weighted by Gasteiger charge is -2.37. The molecule has 0 spiro atoms. The van der Waals surface area contributed by atoms with E-state index in [4.69, 9.17) is 0 Å². The summed E-state index contributed by atoms with van der Waals surface area (Å²) >= 11 is 0. The van der Waals surface area contributed by atoms with Crippen LogP contribution in [0.5, 0.6) is 0 Å². The summed E-state index contributed by atoms with van der Waals surface area (Å²) in [5, 5.41) is 0. The van der Waals surface area contributed by atoms with Gasteiger partial charge in [0.15, 0.2) is 0 Å². The van der Waals surface area contributed by atoms with Gasteiger partial charge < -0.3 is 9.80 Å². The number of likely N-dealkylation sites (N-methyl/N-ethyl adjacent to an activating group) is 1. The number of nitrogens with zero attached hydrogens (tertiary/aromatic N) is 5. The minimum atomic E-state index is 0.209. The van der Waals surface area contributed by atoms with Gasteiger partial charge in [-0.25, -0.2) is 9.97 Å². The SMILES string of the molecule is CN(C(=O)CN1CCN(c2ncccn2)CC1)[C@@H]1CCCc2ccccc21. The van der Waals surface area contributed by atoms with E-state index in [1.54, 1.807) is 12.4 Å². The molecule has 1 atom stereocenters. The Labute approximate surface area is 160 Å².